The van der Waals surface area contributed by atoms with E-state index in [1.165, 1.54) is 88.3 Å². The van der Waals surface area contributed by atoms with Gasteiger partial charge in [0, 0.05) is 10.9 Å². The van der Waals surface area contributed by atoms with Crippen LogP contribution >= 0.6 is 0 Å². The van der Waals surface area contributed by atoms with Crippen molar-refractivity contribution < 1.29 is 4.74 Å². The van der Waals surface area contributed by atoms with Crippen molar-refractivity contribution in [1.82, 2.24) is 0 Å². The number of benzene rings is 9. The molecular formula is C51H30O. The van der Waals surface area contributed by atoms with Crippen molar-refractivity contribution in [3.8, 4) is 67.1 Å². The van der Waals surface area contributed by atoms with E-state index < -0.39 is 5.41 Å². The molecule has 0 fully saturated rings. The SMILES string of the molecule is c1ccc(-c2ccc3c(c2)Oc2ccc(-c4ccc5c(c4)C4(c6ccccc6-5)c5ccccc5-c5c4ccc4ccccc54)c4cccc-3c24)cc1. The minimum Gasteiger partial charge on any atom is -0.456 e. The molecule has 0 amide bonds. The van der Waals surface area contributed by atoms with E-state index in [1.807, 2.05) is 0 Å². The lowest BCUT2D eigenvalue weighted by atomic mass is 9.70. The summed E-state index contributed by atoms with van der Waals surface area (Å²) in [6.45, 7) is 0. The molecule has 1 spiro atoms. The Hall–Kier alpha value is -6.70. The fraction of sp³-hybridized carbons (Fsp3) is 0.0196. The van der Waals surface area contributed by atoms with Gasteiger partial charge in [0.15, 0.2) is 0 Å². The molecule has 52 heavy (non-hydrogen) atoms. The maximum atomic E-state index is 6.71. The highest BCUT2D eigenvalue weighted by molar-refractivity contribution is 6.11. The number of ether oxygens (including phenoxy) is 1. The van der Waals surface area contributed by atoms with E-state index in [0.29, 0.717) is 0 Å². The third-order valence-electron chi connectivity index (χ3n) is 11.9. The molecule has 240 valence electrons. The minimum absolute atomic E-state index is 0.414. The largest absolute Gasteiger partial charge is 0.456 e. The Labute approximate surface area is 302 Å². The van der Waals surface area contributed by atoms with Gasteiger partial charge in [-0.1, -0.05) is 158 Å². The highest BCUT2D eigenvalue weighted by Crippen LogP contribution is 2.64. The van der Waals surface area contributed by atoms with E-state index in [4.69, 9.17) is 4.74 Å². The number of rotatable bonds is 2. The lowest BCUT2D eigenvalue weighted by molar-refractivity contribution is 0.487. The summed E-state index contributed by atoms with van der Waals surface area (Å²) in [6, 6.07) is 67.2. The van der Waals surface area contributed by atoms with Crippen LogP contribution in [-0.2, 0) is 5.41 Å². The molecule has 1 aliphatic heterocycles. The molecule has 0 aromatic heterocycles. The Morgan fingerprint density at radius 1 is 0.327 bits per heavy atom. The first kappa shape index (κ1) is 28.0. The Morgan fingerprint density at radius 3 is 1.90 bits per heavy atom. The average molecular weight is 659 g/mol. The van der Waals surface area contributed by atoms with Crippen LogP contribution in [0.1, 0.15) is 22.3 Å². The van der Waals surface area contributed by atoms with E-state index in [-0.39, 0.29) is 0 Å². The average Bonchev–Trinajstić information content (AvgIpc) is 3.68. The van der Waals surface area contributed by atoms with Gasteiger partial charge in [-0.05, 0) is 113 Å². The van der Waals surface area contributed by atoms with E-state index in [9.17, 15) is 0 Å². The molecule has 1 atom stereocenters. The Bertz CT molecular complexity index is 2990. The zero-order chi connectivity index (χ0) is 34.0. The van der Waals surface area contributed by atoms with Gasteiger partial charge in [-0.15, -0.1) is 0 Å². The number of fused-ring (bicyclic) bond motifs is 14. The van der Waals surface area contributed by atoms with Crippen LogP contribution in [0.15, 0.2) is 182 Å². The van der Waals surface area contributed by atoms with Crippen LogP contribution in [0.5, 0.6) is 11.5 Å². The van der Waals surface area contributed by atoms with E-state index in [2.05, 4.69) is 182 Å². The molecule has 0 bridgehead atoms. The highest BCUT2D eigenvalue weighted by Gasteiger charge is 2.52. The smallest absolute Gasteiger partial charge is 0.135 e. The monoisotopic (exact) mass is 658 g/mol. The van der Waals surface area contributed by atoms with Gasteiger partial charge < -0.3 is 4.74 Å². The maximum Gasteiger partial charge on any atom is 0.135 e. The van der Waals surface area contributed by atoms with Gasteiger partial charge >= 0.3 is 0 Å². The fourth-order valence-corrected chi connectivity index (χ4v) is 9.77. The van der Waals surface area contributed by atoms with Crippen molar-refractivity contribution >= 4 is 21.5 Å². The fourth-order valence-electron chi connectivity index (χ4n) is 9.77. The van der Waals surface area contributed by atoms with Crippen LogP contribution in [0.25, 0.3) is 77.2 Å². The van der Waals surface area contributed by atoms with Gasteiger partial charge in [0.25, 0.3) is 0 Å². The molecule has 1 unspecified atom stereocenters. The molecule has 12 rings (SSSR count). The summed E-state index contributed by atoms with van der Waals surface area (Å²) in [5, 5.41) is 4.96. The van der Waals surface area contributed by atoms with Crippen molar-refractivity contribution in [2.45, 2.75) is 5.41 Å². The quantitative estimate of drug-likeness (QED) is 0.180. The summed E-state index contributed by atoms with van der Waals surface area (Å²) >= 11 is 0. The summed E-state index contributed by atoms with van der Waals surface area (Å²) in [7, 11) is 0. The van der Waals surface area contributed by atoms with Crippen LogP contribution < -0.4 is 4.74 Å². The summed E-state index contributed by atoms with van der Waals surface area (Å²) in [5.74, 6) is 1.81. The van der Waals surface area contributed by atoms with Gasteiger partial charge in [-0.25, -0.2) is 0 Å². The topological polar surface area (TPSA) is 9.23 Å². The van der Waals surface area contributed by atoms with Gasteiger partial charge in [-0.2, -0.15) is 0 Å². The molecule has 3 aliphatic rings. The van der Waals surface area contributed by atoms with Crippen molar-refractivity contribution in [3.05, 3.63) is 204 Å². The van der Waals surface area contributed by atoms with Gasteiger partial charge in [0.2, 0.25) is 0 Å². The molecule has 1 heterocycles. The standard InChI is InChI=1S/C51H30O/c1-2-11-31(12-3-1)33-21-25-39-41-18-10-17-40-35(26-28-47(50(40)41)52-48(39)30-33)34-22-24-38-37-15-6-8-19-43(37)51(46(38)29-34)44-20-9-7-16-42(44)49-36-14-5-4-13-32(36)23-27-45(49)51/h1-30H. The zero-order valence-electron chi connectivity index (χ0n) is 28.2. The van der Waals surface area contributed by atoms with Crippen molar-refractivity contribution in [2.75, 3.05) is 0 Å². The molecular weight excluding hydrogens is 629 g/mol. The van der Waals surface area contributed by atoms with E-state index >= 15 is 0 Å². The summed E-state index contributed by atoms with van der Waals surface area (Å²) in [6.07, 6.45) is 0. The highest BCUT2D eigenvalue weighted by atomic mass is 16.5. The van der Waals surface area contributed by atoms with Gasteiger partial charge in [-0.3, -0.25) is 0 Å². The number of hydrogen-bond acceptors (Lipinski definition) is 1. The normalized spacial score (nSPS) is 15.5. The Kier molecular flexibility index (Phi) is 5.49. The second-order valence-electron chi connectivity index (χ2n) is 14.3. The van der Waals surface area contributed by atoms with Crippen molar-refractivity contribution in [2.24, 2.45) is 0 Å². The number of hydrogen-bond donors (Lipinski definition) is 0. The lowest BCUT2D eigenvalue weighted by Crippen LogP contribution is -2.25. The summed E-state index contributed by atoms with van der Waals surface area (Å²) in [4.78, 5) is 0. The predicted octanol–water partition coefficient (Wildman–Crippen LogP) is 13.4. The Morgan fingerprint density at radius 2 is 1.00 bits per heavy atom. The first-order valence-electron chi connectivity index (χ1n) is 18.1. The molecule has 9 aromatic rings. The van der Waals surface area contributed by atoms with E-state index in [0.717, 1.165) is 22.6 Å². The second-order valence-corrected chi connectivity index (χ2v) is 14.3. The molecule has 0 saturated carbocycles. The molecule has 0 saturated heterocycles. The molecule has 1 heteroatoms. The van der Waals surface area contributed by atoms with E-state index in [1.54, 1.807) is 0 Å². The second kappa shape index (κ2) is 10.2. The third kappa shape index (κ3) is 3.52. The summed E-state index contributed by atoms with van der Waals surface area (Å²) in [5.41, 5.74) is 17.5. The molecule has 2 aliphatic carbocycles. The predicted molar refractivity (Wildman–Crippen MR) is 214 cm³/mol. The first-order valence-corrected chi connectivity index (χ1v) is 18.1. The van der Waals surface area contributed by atoms with Gasteiger partial charge in [0.05, 0.1) is 5.41 Å². The first-order chi connectivity index (χ1) is 25.8. The molecule has 0 radical (unpaired) electrons. The molecule has 9 aromatic carbocycles. The molecule has 1 nitrogen and oxygen atoms in total. The van der Waals surface area contributed by atoms with Crippen molar-refractivity contribution in [1.29, 1.82) is 0 Å². The maximum absolute atomic E-state index is 6.71. The van der Waals surface area contributed by atoms with Crippen LogP contribution in [0.2, 0.25) is 0 Å². The van der Waals surface area contributed by atoms with Crippen LogP contribution in [0, 0.1) is 0 Å². The summed E-state index contributed by atoms with van der Waals surface area (Å²) < 4.78 is 6.71. The van der Waals surface area contributed by atoms with Crippen LogP contribution in [0.4, 0.5) is 0 Å². The zero-order valence-corrected chi connectivity index (χ0v) is 28.2. The van der Waals surface area contributed by atoms with Crippen LogP contribution in [-0.4, -0.2) is 0 Å². The van der Waals surface area contributed by atoms with Crippen LogP contribution in [0.3, 0.4) is 0 Å². The minimum atomic E-state index is -0.414. The van der Waals surface area contributed by atoms with Crippen molar-refractivity contribution in [3.63, 3.8) is 0 Å². The Balaban J connectivity index is 1.09. The third-order valence-corrected chi connectivity index (χ3v) is 11.9. The lowest BCUT2D eigenvalue weighted by Gasteiger charge is -2.31. The van der Waals surface area contributed by atoms with Gasteiger partial charge in [0.1, 0.15) is 11.5 Å². The molecule has 0 N–H and O–H groups in total.